The van der Waals surface area contributed by atoms with Crippen molar-refractivity contribution in [1.82, 2.24) is 4.90 Å². The van der Waals surface area contributed by atoms with Crippen molar-refractivity contribution >= 4 is 33.6 Å². The second kappa shape index (κ2) is 4.08. The fourth-order valence-electron chi connectivity index (χ4n) is 2.41. The molecule has 2 saturated heterocycles. The third kappa shape index (κ3) is 1.78. The van der Waals surface area contributed by atoms with Gasteiger partial charge in [-0.15, -0.1) is 0 Å². The van der Waals surface area contributed by atoms with Crippen molar-refractivity contribution in [3.05, 3.63) is 34.3 Å². The van der Waals surface area contributed by atoms with Crippen LogP contribution in [0.25, 0.3) is 0 Å². The molecular weight excluding hydrogens is 286 g/mol. The van der Waals surface area contributed by atoms with E-state index in [1.165, 1.54) is 6.42 Å². The third-order valence-electron chi connectivity index (χ3n) is 3.25. The molecule has 0 aromatic heterocycles. The van der Waals surface area contributed by atoms with Crippen molar-refractivity contribution in [2.75, 3.05) is 12.3 Å². The minimum Gasteiger partial charge on any atom is -0.334 e. The monoisotopic (exact) mass is 297 g/mol. The van der Waals surface area contributed by atoms with Crippen LogP contribution < -0.4 is 0 Å². The first-order valence-electron chi connectivity index (χ1n) is 5.42. The maximum atomic E-state index is 12.2. The number of amides is 1. The molecule has 2 fully saturated rings. The standard InChI is InChI=1S/C12H12BrNOS/c13-9-3-1-8(2-4-9)12(15)14-6-11-5-10(14)7-16-11/h1-4,10-11H,5-7H2. The summed E-state index contributed by atoms with van der Waals surface area (Å²) in [5.41, 5.74) is 0.806. The van der Waals surface area contributed by atoms with Crippen molar-refractivity contribution in [2.45, 2.75) is 17.7 Å². The lowest BCUT2D eigenvalue weighted by Gasteiger charge is -2.26. The van der Waals surface area contributed by atoms with Crippen LogP contribution in [0.4, 0.5) is 0 Å². The van der Waals surface area contributed by atoms with E-state index in [4.69, 9.17) is 0 Å². The van der Waals surface area contributed by atoms with Crippen molar-refractivity contribution in [1.29, 1.82) is 0 Å². The van der Waals surface area contributed by atoms with Gasteiger partial charge in [0.2, 0.25) is 0 Å². The molecule has 2 aliphatic heterocycles. The van der Waals surface area contributed by atoms with Crippen molar-refractivity contribution in [2.24, 2.45) is 0 Å². The molecule has 0 N–H and O–H groups in total. The Labute approximate surface area is 108 Å². The topological polar surface area (TPSA) is 20.3 Å². The molecule has 2 heterocycles. The van der Waals surface area contributed by atoms with Gasteiger partial charge in [-0.1, -0.05) is 15.9 Å². The van der Waals surface area contributed by atoms with E-state index in [1.807, 2.05) is 40.9 Å². The van der Waals surface area contributed by atoms with Crippen molar-refractivity contribution in [3.63, 3.8) is 0 Å². The van der Waals surface area contributed by atoms with E-state index in [0.29, 0.717) is 11.3 Å². The summed E-state index contributed by atoms with van der Waals surface area (Å²) >= 11 is 5.39. The number of hydrogen-bond donors (Lipinski definition) is 0. The smallest absolute Gasteiger partial charge is 0.254 e. The number of likely N-dealkylation sites (tertiary alicyclic amines) is 1. The second-order valence-corrected chi connectivity index (χ2v) is 6.56. The maximum absolute atomic E-state index is 12.2. The average molecular weight is 298 g/mol. The van der Waals surface area contributed by atoms with Crippen LogP contribution in [-0.2, 0) is 0 Å². The van der Waals surface area contributed by atoms with E-state index >= 15 is 0 Å². The molecule has 2 bridgehead atoms. The van der Waals surface area contributed by atoms with Gasteiger partial charge in [-0.3, -0.25) is 4.79 Å². The Kier molecular flexibility index (Phi) is 2.72. The van der Waals surface area contributed by atoms with Crippen LogP contribution in [-0.4, -0.2) is 34.4 Å². The summed E-state index contributed by atoms with van der Waals surface area (Å²) in [4.78, 5) is 14.3. The zero-order chi connectivity index (χ0) is 11.1. The highest BCUT2D eigenvalue weighted by molar-refractivity contribution is 9.10. The van der Waals surface area contributed by atoms with Crippen LogP contribution in [0.15, 0.2) is 28.7 Å². The highest BCUT2D eigenvalue weighted by Crippen LogP contribution is 2.38. The molecule has 1 aromatic rings. The predicted octanol–water partition coefficient (Wildman–Crippen LogP) is 2.78. The molecule has 0 aliphatic carbocycles. The van der Waals surface area contributed by atoms with Crippen molar-refractivity contribution < 1.29 is 4.79 Å². The van der Waals surface area contributed by atoms with E-state index in [0.717, 1.165) is 22.3 Å². The molecule has 16 heavy (non-hydrogen) atoms. The zero-order valence-electron chi connectivity index (χ0n) is 8.73. The van der Waals surface area contributed by atoms with E-state index < -0.39 is 0 Å². The van der Waals surface area contributed by atoms with Gasteiger partial charge in [0.05, 0.1) is 0 Å². The SMILES string of the molecule is O=C(c1ccc(Br)cc1)N1CC2CC1CS2. The van der Waals surface area contributed by atoms with Gasteiger partial charge in [0.1, 0.15) is 0 Å². The minimum absolute atomic E-state index is 0.195. The molecule has 0 spiro atoms. The summed E-state index contributed by atoms with van der Waals surface area (Å²) in [6.45, 7) is 0.935. The number of benzene rings is 1. The van der Waals surface area contributed by atoms with Crippen LogP contribution in [0.5, 0.6) is 0 Å². The Morgan fingerprint density at radius 2 is 2.12 bits per heavy atom. The molecule has 0 saturated carbocycles. The molecule has 84 valence electrons. The number of thioether (sulfide) groups is 1. The van der Waals surface area contributed by atoms with Gasteiger partial charge in [-0.2, -0.15) is 11.8 Å². The van der Waals surface area contributed by atoms with Crippen LogP contribution in [0.3, 0.4) is 0 Å². The Morgan fingerprint density at radius 3 is 2.69 bits per heavy atom. The predicted molar refractivity (Wildman–Crippen MR) is 69.8 cm³/mol. The van der Waals surface area contributed by atoms with Gasteiger partial charge in [0.15, 0.2) is 0 Å². The maximum Gasteiger partial charge on any atom is 0.254 e. The average Bonchev–Trinajstić information content (AvgIpc) is 2.91. The first-order chi connectivity index (χ1) is 7.74. The summed E-state index contributed by atoms with van der Waals surface area (Å²) < 4.78 is 1.02. The molecule has 4 heteroatoms. The van der Waals surface area contributed by atoms with Gasteiger partial charge >= 0.3 is 0 Å². The van der Waals surface area contributed by atoms with Crippen LogP contribution >= 0.6 is 27.7 Å². The van der Waals surface area contributed by atoms with Crippen LogP contribution in [0, 0.1) is 0 Å². The number of fused-ring (bicyclic) bond motifs is 2. The van der Waals surface area contributed by atoms with Crippen LogP contribution in [0.2, 0.25) is 0 Å². The largest absolute Gasteiger partial charge is 0.334 e. The summed E-state index contributed by atoms with van der Waals surface area (Å²) in [5, 5.41) is 0.685. The highest BCUT2D eigenvalue weighted by Gasteiger charge is 2.40. The Morgan fingerprint density at radius 1 is 1.38 bits per heavy atom. The van der Waals surface area contributed by atoms with Gasteiger partial charge < -0.3 is 4.90 Å². The normalized spacial score (nSPS) is 27.4. The number of hydrogen-bond acceptors (Lipinski definition) is 2. The van der Waals surface area contributed by atoms with Gasteiger partial charge in [-0.05, 0) is 30.7 Å². The lowest BCUT2D eigenvalue weighted by Crippen LogP contribution is -2.39. The summed E-state index contributed by atoms with van der Waals surface area (Å²) in [7, 11) is 0. The van der Waals surface area contributed by atoms with Crippen LogP contribution in [0.1, 0.15) is 16.8 Å². The number of nitrogens with zero attached hydrogens (tertiary/aromatic N) is 1. The molecule has 1 aromatic carbocycles. The molecule has 2 atom stereocenters. The highest BCUT2D eigenvalue weighted by atomic mass is 79.9. The van der Waals surface area contributed by atoms with Crippen molar-refractivity contribution in [3.8, 4) is 0 Å². The van der Waals surface area contributed by atoms with E-state index in [9.17, 15) is 4.79 Å². The van der Waals surface area contributed by atoms with Gasteiger partial charge in [-0.25, -0.2) is 0 Å². The fourth-order valence-corrected chi connectivity index (χ4v) is 4.11. The lowest BCUT2D eigenvalue weighted by molar-refractivity contribution is 0.0747. The Balaban J connectivity index is 1.80. The quantitative estimate of drug-likeness (QED) is 0.794. The molecule has 3 rings (SSSR count). The zero-order valence-corrected chi connectivity index (χ0v) is 11.1. The molecule has 2 aliphatic rings. The number of halogens is 1. The molecule has 1 amide bonds. The molecular formula is C12H12BrNOS. The molecule has 0 radical (unpaired) electrons. The summed E-state index contributed by atoms with van der Waals surface area (Å²) in [6, 6.07) is 8.12. The first-order valence-corrected chi connectivity index (χ1v) is 7.26. The number of carbonyl (C=O) groups is 1. The Hall–Kier alpha value is -0.480. The Bertz CT molecular complexity index is 420. The first kappa shape index (κ1) is 10.7. The fraction of sp³-hybridized carbons (Fsp3) is 0.417. The molecule has 2 nitrogen and oxygen atoms in total. The number of carbonyl (C=O) groups excluding carboxylic acids is 1. The lowest BCUT2D eigenvalue weighted by atomic mass is 10.2. The number of rotatable bonds is 1. The van der Waals surface area contributed by atoms with E-state index in [-0.39, 0.29) is 5.91 Å². The molecule has 2 unspecified atom stereocenters. The van der Waals surface area contributed by atoms with E-state index in [2.05, 4.69) is 15.9 Å². The summed E-state index contributed by atoms with van der Waals surface area (Å²) in [5.74, 6) is 1.31. The van der Waals surface area contributed by atoms with Gasteiger partial charge in [0.25, 0.3) is 5.91 Å². The third-order valence-corrected chi connectivity index (χ3v) is 5.17. The van der Waals surface area contributed by atoms with Gasteiger partial charge in [0, 0.05) is 33.6 Å². The minimum atomic E-state index is 0.195. The van der Waals surface area contributed by atoms with E-state index in [1.54, 1.807) is 0 Å². The second-order valence-electron chi connectivity index (χ2n) is 4.31. The summed E-state index contributed by atoms with van der Waals surface area (Å²) in [6.07, 6.45) is 1.19.